The summed E-state index contributed by atoms with van der Waals surface area (Å²) in [6, 6.07) is 0.530. The van der Waals surface area contributed by atoms with Crippen LogP contribution in [-0.4, -0.2) is 49.0 Å². The van der Waals surface area contributed by atoms with Gasteiger partial charge in [-0.05, 0) is 26.4 Å². The molecule has 1 N–H and O–H groups in total. The van der Waals surface area contributed by atoms with Gasteiger partial charge in [0.15, 0.2) is 5.76 Å². The molecular formula is C17H21NO3. The second-order valence-electron chi connectivity index (χ2n) is 7.09. The monoisotopic (exact) mass is 287 g/mol. The van der Waals surface area contributed by atoms with Gasteiger partial charge in [0, 0.05) is 29.4 Å². The van der Waals surface area contributed by atoms with Crippen LogP contribution in [0.4, 0.5) is 0 Å². The molecule has 2 fully saturated rings. The normalized spacial score (nSPS) is 46.8. The third kappa shape index (κ3) is 1.22. The van der Waals surface area contributed by atoms with Crippen molar-refractivity contribution in [1.82, 2.24) is 4.90 Å². The van der Waals surface area contributed by atoms with Crippen LogP contribution in [0.25, 0.3) is 0 Å². The van der Waals surface area contributed by atoms with E-state index in [1.807, 2.05) is 6.08 Å². The van der Waals surface area contributed by atoms with Crippen molar-refractivity contribution in [3.8, 4) is 0 Å². The fourth-order valence-electron chi connectivity index (χ4n) is 5.52. The fraction of sp³-hybridized carbons (Fsp3) is 0.647. The molecule has 21 heavy (non-hydrogen) atoms. The van der Waals surface area contributed by atoms with Crippen LogP contribution in [0.15, 0.2) is 34.8 Å². The highest BCUT2D eigenvalue weighted by Gasteiger charge is 2.66. The van der Waals surface area contributed by atoms with Crippen molar-refractivity contribution in [3.05, 3.63) is 34.8 Å². The number of hydrogen-bond acceptors (Lipinski definition) is 4. The summed E-state index contributed by atoms with van der Waals surface area (Å²) in [6.07, 6.45) is 6.62. The molecule has 5 rings (SSSR count). The highest BCUT2D eigenvalue weighted by atomic mass is 16.5. The van der Waals surface area contributed by atoms with E-state index in [0.717, 1.165) is 37.3 Å². The summed E-state index contributed by atoms with van der Waals surface area (Å²) in [5.74, 6) is 2.37. The molecule has 1 spiro atoms. The van der Waals surface area contributed by atoms with Gasteiger partial charge in [0.05, 0.1) is 7.11 Å². The molecule has 5 aliphatic rings. The third-order valence-corrected chi connectivity index (χ3v) is 6.41. The zero-order valence-corrected chi connectivity index (χ0v) is 12.5. The first-order valence-corrected chi connectivity index (χ1v) is 7.90. The Morgan fingerprint density at radius 1 is 1.43 bits per heavy atom. The largest absolute Gasteiger partial charge is 0.497 e. The topological polar surface area (TPSA) is 41.9 Å². The quantitative estimate of drug-likeness (QED) is 0.744. The van der Waals surface area contributed by atoms with Gasteiger partial charge >= 0.3 is 0 Å². The van der Waals surface area contributed by atoms with Crippen LogP contribution >= 0.6 is 0 Å². The van der Waals surface area contributed by atoms with Gasteiger partial charge in [-0.25, -0.2) is 0 Å². The predicted molar refractivity (Wildman–Crippen MR) is 77.3 cm³/mol. The van der Waals surface area contributed by atoms with Crippen LogP contribution in [-0.2, 0) is 9.47 Å². The first-order valence-electron chi connectivity index (χ1n) is 7.90. The highest BCUT2D eigenvalue weighted by Crippen LogP contribution is 2.66. The lowest BCUT2D eigenvalue weighted by Crippen LogP contribution is -2.61. The SMILES string of the molecule is COC1=C2O[C@H]3[C@@H](O)C=C[C@H]4[C@H]5CC(=C2[C@]43CCN5C)C1. The predicted octanol–water partition coefficient (Wildman–Crippen LogP) is 1.58. The first-order chi connectivity index (χ1) is 10.2. The summed E-state index contributed by atoms with van der Waals surface area (Å²) in [7, 11) is 3.96. The van der Waals surface area contributed by atoms with E-state index in [4.69, 9.17) is 9.47 Å². The number of methoxy groups -OCH3 is 1. The van der Waals surface area contributed by atoms with Gasteiger partial charge in [-0.3, -0.25) is 0 Å². The van der Waals surface area contributed by atoms with E-state index >= 15 is 0 Å². The highest BCUT2D eigenvalue weighted by molar-refractivity contribution is 5.55. The van der Waals surface area contributed by atoms with Gasteiger partial charge < -0.3 is 19.5 Å². The Hall–Kier alpha value is -1.26. The summed E-state index contributed by atoms with van der Waals surface area (Å²) < 4.78 is 11.9. The molecule has 4 heteroatoms. The molecule has 2 bridgehead atoms. The van der Waals surface area contributed by atoms with Gasteiger partial charge in [-0.15, -0.1) is 0 Å². The minimum Gasteiger partial charge on any atom is -0.497 e. The maximum absolute atomic E-state index is 10.5. The molecule has 5 atom stereocenters. The molecule has 0 aromatic heterocycles. The number of nitrogens with zero attached hydrogens (tertiary/aromatic N) is 1. The lowest BCUT2D eigenvalue weighted by molar-refractivity contribution is -0.0820. The van der Waals surface area contributed by atoms with Crippen LogP contribution in [0.1, 0.15) is 19.3 Å². The van der Waals surface area contributed by atoms with Crippen molar-refractivity contribution < 1.29 is 14.6 Å². The van der Waals surface area contributed by atoms with E-state index in [-0.39, 0.29) is 11.5 Å². The number of hydrogen-bond donors (Lipinski definition) is 1. The molecule has 0 unspecified atom stereocenters. The van der Waals surface area contributed by atoms with Gasteiger partial charge in [0.25, 0.3) is 0 Å². The van der Waals surface area contributed by atoms with Crippen LogP contribution in [0.3, 0.4) is 0 Å². The number of aliphatic hydroxyl groups excluding tert-OH is 1. The van der Waals surface area contributed by atoms with Crippen molar-refractivity contribution in [2.24, 2.45) is 11.3 Å². The summed E-state index contributed by atoms with van der Waals surface area (Å²) in [5.41, 5.74) is 2.86. The van der Waals surface area contributed by atoms with E-state index < -0.39 is 6.10 Å². The molecule has 2 saturated heterocycles. The van der Waals surface area contributed by atoms with E-state index in [1.54, 1.807) is 7.11 Å². The number of allylic oxidation sites excluding steroid dienone is 2. The second kappa shape index (κ2) is 3.73. The Labute approximate surface area is 124 Å². The van der Waals surface area contributed by atoms with Crippen LogP contribution in [0, 0.1) is 11.3 Å². The minimum atomic E-state index is -0.506. The smallest absolute Gasteiger partial charge is 0.161 e. The first kappa shape index (κ1) is 12.3. The summed E-state index contributed by atoms with van der Waals surface area (Å²) in [6.45, 7) is 1.08. The number of piperidine rings is 1. The summed E-state index contributed by atoms with van der Waals surface area (Å²) in [4.78, 5) is 2.49. The number of likely N-dealkylation sites (tertiary alicyclic amines) is 1. The van der Waals surface area contributed by atoms with Gasteiger partial charge in [0.1, 0.15) is 18.0 Å². The average Bonchev–Trinajstić information content (AvgIpc) is 3.00. The van der Waals surface area contributed by atoms with E-state index in [9.17, 15) is 5.11 Å². The molecule has 4 nitrogen and oxygen atoms in total. The van der Waals surface area contributed by atoms with Crippen LogP contribution in [0.2, 0.25) is 0 Å². The molecule has 3 aliphatic carbocycles. The van der Waals surface area contributed by atoms with Gasteiger partial charge in [-0.2, -0.15) is 0 Å². The zero-order valence-electron chi connectivity index (χ0n) is 12.5. The Bertz CT molecular complexity index is 620. The number of ether oxygens (including phenoxy) is 2. The van der Waals surface area contributed by atoms with E-state index in [0.29, 0.717) is 12.0 Å². The van der Waals surface area contributed by atoms with Gasteiger partial charge in [-0.1, -0.05) is 17.7 Å². The lowest BCUT2D eigenvalue weighted by Gasteiger charge is -2.56. The summed E-state index contributed by atoms with van der Waals surface area (Å²) in [5, 5.41) is 10.5. The Morgan fingerprint density at radius 3 is 3.10 bits per heavy atom. The maximum atomic E-state index is 10.5. The molecule has 0 aromatic carbocycles. The summed E-state index contributed by atoms with van der Waals surface area (Å²) >= 11 is 0. The van der Waals surface area contributed by atoms with Crippen LogP contribution in [0.5, 0.6) is 0 Å². The zero-order chi connectivity index (χ0) is 14.4. The van der Waals surface area contributed by atoms with Crippen LogP contribution < -0.4 is 0 Å². The van der Waals surface area contributed by atoms with Crippen molar-refractivity contribution >= 4 is 0 Å². The fourth-order valence-corrected chi connectivity index (χ4v) is 5.52. The lowest BCUT2D eigenvalue weighted by atomic mass is 9.53. The standard InChI is InChI=1S/C17H21NO3/c1-18-6-5-17-10-3-4-12(19)16(17)21-15-13(20-2)8-9(14(15)17)7-11(10)18/h3-4,10-12,16,19H,5-8H2,1-2H3/t10-,11+,12-,16-,17-/m0/s1. The molecule has 2 aliphatic heterocycles. The Morgan fingerprint density at radius 2 is 2.29 bits per heavy atom. The Balaban J connectivity index is 1.77. The van der Waals surface area contributed by atoms with Crippen molar-refractivity contribution in [2.75, 3.05) is 20.7 Å². The third-order valence-electron chi connectivity index (χ3n) is 6.41. The molecule has 0 saturated carbocycles. The van der Waals surface area contributed by atoms with Crippen molar-refractivity contribution in [2.45, 2.75) is 37.5 Å². The molecule has 2 heterocycles. The van der Waals surface area contributed by atoms with Crippen molar-refractivity contribution in [3.63, 3.8) is 0 Å². The molecule has 112 valence electrons. The Kier molecular flexibility index (Phi) is 2.19. The molecule has 0 amide bonds. The number of rotatable bonds is 1. The average molecular weight is 287 g/mol. The molecule has 0 aromatic rings. The number of aliphatic hydroxyl groups is 1. The minimum absolute atomic E-state index is 0.0193. The molecular weight excluding hydrogens is 266 g/mol. The van der Waals surface area contributed by atoms with E-state index in [1.165, 1.54) is 11.1 Å². The van der Waals surface area contributed by atoms with E-state index in [2.05, 4.69) is 18.0 Å². The molecule has 0 radical (unpaired) electrons. The maximum Gasteiger partial charge on any atom is 0.161 e. The van der Waals surface area contributed by atoms with Gasteiger partial charge in [0.2, 0.25) is 0 Å². The second-order valence-corrected chi connectivity index (χ2v) is 7.09. The van der Waals surface area contributed by atoms with Crippen molar-refractivity contribution in [1.29, 1.82) is 0 Å².